The molecule has 0 aliphatic rings. The van der Waals surface area contributed by atoms with E-state index in [0.29, 0.717) is 11.6 Å². The summed E-state index contributed by atoms with van der Waals surface area (Å²) in [6.07, 6.45) is 0. The van der Waals surface area contributed by atoms with Crippen molar-refractivity contribution < 1.29 is 9.90 Å². The van der Waals surface area contributed by atoms with Crippen LogP contribution in [0.1, 0.15) is 18.1 Å². The maximum atomic E-state index is 10.8. The summed E-state index contributed by atoms with van der Waals surface area (Å²) in [5, 5.41) is 9.58. The molecule has 0 fully saturated rings. The predicted octanol–water partition coefficient (Wildman–Crippen LogP) is 2.55. The number of carboxylic acids is 1. The summed E-state index contributed by atoms with van der Waals surface area (Å²) in [7, 11) is 1.80. The zero-order chi connectivity index (χ0) is 12.3. The van der Waals surface area contributed by atoms with Gasteiger partial charge in [0, 0.05) is 11.6 Å². The maximum absolute atomic E-state index is 10.8. The average molecular weight is 242 g/mol. The highest BCUT2D eigenvalue weighted by Gasteiger charge is 2.17. The van der Waals surface area contributed by atoms with Crippen LogP contribution in [0.5, 0.6) is 0 Å². The minimum atomic E-state index is -0.811. The molecule has 1 unspecified atom stereocenters. The standard InChI is InChI=1S/C12H16ClNO2/c1-8-6-11(13)5-4-10(8)7-14(3)9(2)12(15)16/h4-6,9H,7H2,1-3H3,(H,15,16). The van der Waals surface area contributed by atoms with E-state index in [2.05, 4.69) is 0 Å². The topological polar surface area (TPSA) is 40.5 Å². The first-order valence-corrected chi connectivity index (χ1v) is 5.47. The van der Waals surface area contributed by atoms with Gasteiger partial charge in [0.1, 0.15) is 6.04 Å². The van der Waals surface area contributed by atoms with Crippen molar-refractivity contribution in [3.63, 3.8) is 0 Å². The second-order valence-corrected chi connectivity index (χ2v) is 4.44. The second-order valence-electron chi connectivity index (χ2n) is 4.00. The number of aliphatic carboxylic acids is 1. The molecular weight excluding hydrogens is 226 g/mol. The molecule has 0 saturated carbocycles. The normalized spacial score (nSPS) is 12.8. The highest BCUT2D eigenvalue weighted by molar-refractivity contribution is 6.30. The summed E-state index contributed by atoms with van der Waals surface area (Å²) in [6, 6.07) is 5.15. The Morgan fingerprint density at radius 2 is 2.19 bits per heavy atom. The van der Waals surface area contributed by atoms with Crippen LogP contribution in [0.4, 0.5) is 0 Å². The molecule has 16 heavy (non-hydrogen) atoms. The lowest BCUT2D eigenvalue weighted by molar-refractivity contribution is -0.142. The van der Waals surface area contributed by atoms with Gasteiger partial charge in [0.15, 0.2) is 0 Å². The summed E-state index contributed by atoms with van der Waals surface area (Å²) >= 11 is 5.86. The molecule has 0 aliphatic heterocycles. The molecule has 0 saturated heterocycles. The van der Waals surface area contributed by atoms with Crippen molar-refractivity contribution in [3.8, 4) is 0 Å². The molecule has 1 N–H and O–H groups in total. The summed E-state index contributed by atoms with van der Waals surface area (Å²) in [4.78, 5) is 12.6. The Hall–Kier alpha value is -1.06. The molecule has 0 radical (unpaired) electrons. The number of rotatable bonds is 4. The number of halogens is 1. The first kappa shape index (κ1) is 13.0. The number of carboxylic acid groups (broad SMARTS) is 1. The van der Waals surface area contributed by atoms with Crippen LogP contribution in [0.25, 0.3) is 0 Å². The third kappa shape index (κ3) is 3.22. The van der Waals surface area contributed by atoms with Crippen molar-refractivity contribution in [3.05, 3.63) is 34.3 Å². The molecule has 0 aromatic heterocycles. The van der Waals surface area contributed by atoms with Crippen LogP contribution in [-0.4, -0.2) is 29.1 Å². The van der Waals surface area contributed by atoms with Crippen LogP contribution in [0.2, 0.25) is 5.02 Å². The van der Waals surface area contributed by atoms with Crippen LogP contribution >= 0.6 is 11.6 Å². The minimum absolute atomic E-state index is 0.491. The largest absolute Gasteiger partial charge is 0.480 e. The van der Waals surface area contributed by atoms with Crippen molar-refractivity contribution >= 4 is 17.6 Å². The number of aryl methyl sites for hydroxylation is 1. The Morgan fingerprint density at radius 1 is 1.56 bits per heavy atom. The molecule has 0 spiro atoms. The molecule has 0 heterocycles. The molecule has 4 heteroatoms. The molecule has 1 aromatic rings. The molecule has 0 amide bonds. The lowest BCUT2D eigenvalue weighted by atomic mass is 10.1. The minimum Gasteiger partial charge on any atom is -0.480 e. The number of hydrogen-bond donors (Lipinski definition) is 1. The van der Waals surface area contributed by atoms with E-state index >= 15 is 0 Å². The number of hydrogen-bond acceptors (Lipinski definition) is 2. The first-order valence-electron chi connectivity index (χ1n) is 5.10. The van der Waals surface area contributed by atoms with Crippen molar-refractivity contribution in [2.24, 2.45) is 0 Å². The fourth-order valence-corrected chi connectivity index (χ4v) is 1.66. The Kier molecular flexibility index (Phi) is 4.33. The maximum Gasteiger partial charge on any atom is 0.320 e. The summed E-state index contributed by atoms with van der Waals surface area (Å²) < 4.78 is 0. The second kappa shape index (κ2) is 5.32. The Labute approximate surface area is 101 Å². The fraction of sp³-hybridized carbons (Fsp3) is 0.417. The van der Waals surface area contributed by atoms with Crippen LogP contribution in [0.15, 0.2) is 18.2 Å². The molecule has 0 aliphatic carbocycles. The number of benzene rings is 1. The van der Waals surface area contributed by atoms with Gasteiger partial charge < -0.3 is 5.11 Å². The van der Waals surface area contributed by atoms with Gasteiger partial charge in [-0.05, 0) is 44.2 Å². The van der Waals surface area contributed by atoms with Gasteiger partial charge in [-0.1, -0.05) is 17.7 Å². The number of likely N-dealkylation sites (N-methyl/N-ethyl adjacent to an activating group) is 1. The van der Waals surface area contributed by atoms with Gasteiger partial charge in [-0.2, -0.15) is 0 Å². The Bertz CT molecular complexity index is 393. The molecular formula is C12H16ClNO2. The molecule has 1 rings (SSSR count). The van der Waals surface area contributed by atoms with Crippen LogP contribution < -0.4 is 0 Å². The summed E-state index contributed by atoms with van der Waals surface area (Å²) in [5.74, 6) is -0.811. The molecule has 88 valence electrons. The van der Waals surface area contributed by atoms with E-state index < -0.39 is 12.0 Å². The van der Waals surface area contributed by atoms with Gasteiger partial charge in [0.2, 0.25) is 0 Å². The van der Waals surface area contributed by atoms with Crippen molar-refractivity contribution in [1.29, 1.82) is 0 Å². The third-order valence-electron chi connectivity index (χ3n) is 2.74. The molecule has 0 bridgehead atoms. The lowest BCUT2D eigenvalue weighted by Gasteiger charge is -2.22. The van der Waals surface area contributed by atoms with Gasteiger partial charge in [0.25, 0.3) is 0 Å². The first-order chi connectivity index (χ1) is 7.41. The smallest absolute Gasteiger partial charge is 0.320 e. The lowest BCUT2D eigenvalue weighted by Crippen LogP contribution is -2.35. The van der Waals surface area contributed by atoms with Gasteiger partial charge in [-0.25, -0.2) is 0 Å². The van der Waals surface area contributed by atoms with Gasteiger partial charge in [0.05, 0.1) is 0 Å². The van der Waals surface area contributed by atoms with Crippen molar-refractivity contribution in [2.45, 2.75) is 26.4 Å². The van der Waals surface area contributed by atoms with Crippen LogP contribution in [0.3, 0.4) is 0 Å². The zero-order valence-electron chi connectivity index (χ0n) is 9.70. The fourth-order valence-electron chi connectivity index (χ4n) is 1.43. The number of nitrogens with zero attached hydrogens (tertiary/aromatic N) is 1. The molecule has 3 nitrogen and oxygen atoms in total. The Balaban J connectivity index is 2.77. The number of carbonyl (C=O) groups is 1. The van der Waals surface area contributed by atoms with Crippen molar-refractivity contribution in [2.75, 3.05) is 7.05 Å². The summed E-state index contributed by atoms with van der Waals surface area (Å²) in [5.41, 5.74) is 2.18. The van der Waals surface area contributed by atoms with Gasteiger partial charge in [-0.3, -0.25) is 9.69 Å². The van der Waals surface area contributed by atoms with Crippen LogP contribution in [0, 0.1) is 6.92 Å². The predicted molar refractivity (Wildman–Crippen MR) is 64.8 cm³/mol. The SMILES string of the molecule is Cc1cc(Cl)ccc1CN(C)C(C)C(=O)O. The zero-order valence-corrected chi connectivity index (χ0v) is 10.5. The van der Waals surface area contributed by atoms with E-state index in [1.54, 1.807) is 18.9 Å². The highest BCUT2D eigenvalue weighted by Crippen LogP contribution is 2.17. The quantitative estimate of drug-likeness (QED) is 0.881. The molecule has 1 atom stereocenters. The highest BCUT2D eigenvalue weighted by atomic mass is 35.5. The van der Waals surface area contributed by atoms with E-state index in [4.69, 9.17) is 16.7 Å². The van der Waals surface area contributed by atoms with Gasteiger partial charge in [-0.15, -0.1) is 0 Å². The molecule has 1 aromatic carbocycles. The third-order valence-corrected chi connectivity index (χ3v) is 2.98. The average Bonchev–Trinajstić information content (AvgIpc) is 2.20. The van der Waals surface area contributed by atoms with E-state index in [1.165, 1.54) is 0 Å². The van der Waals surface area contributed by atoms with Crippen LogP contribution in [-0.2, 0) is 11.3 Å². The van der Waals surface area contributed by atoms with E-state index in [9.17, 15) is 4.79 Å². The van der Waals surface area contributed by atoms with E-state index in [-0.39, 0.29) is 0 Å². The summed E-state index contributed by atoms with van der Waals surface area (Å²) in [6.45, 7) is 4.25. The van der Waals surface area contributed by atoms with Gasteiger partial charge >= 0.3 is 5.97 Å². The monoisotopic (exact) mass is 241 g/mol. The Morgan fingerprint density at radius 3 is 2.69 bits per heavy atom. The van der Waals surface area contributed by atoms with E-state index in [0.717, 1.165) is 11.1 Å². The van der Waals surface area contributed by atoms with E-state index in [1.807, 2.05) is 25.1 Å². The van der Waals surface area contributed by atoms with Crippen molar-refractivity contribution in [1.82, 2.24) is 4.90 Å².